The lowest BCUT2D eigenvalue weighted by Gasteiger charge is -2.15. The number of nitrogens with two attached hydrogens (primary N) is 1. The number of nitrogens with zero attached hydrogens (tertiary/aromatic N) is 2. The quantitative estimate of drug-likeness (QED) is 0.858. The highest BCUT2D eigenvalue weighted by atomic mass is 35.5. The lowest BCUT2D eigenvalue weighted by molar-refractivity contribution is 0.453. The zero-order valence-corrected chi connectivity index (χ0v) is 11.7. The van der Waals surface area contributed by atoms with Crippen LogP contribution in [0.4, 0.5) is 5.69 Å². The second-order valence-corrected chi connectivity index (χ2v) is 4.69. The van der Waals surface area contributed by atoms with Gasteiger partial charge in [-0.3, -0.25) is 0 Å². The highest BCUT2D eigenvalue weighted by Crippen LogP contribution is 2.34. The molecule has 4 nitrogen and oxygen atoms in total. The van der Waals surface area contributed by atoms with Gasteiger partial charge in [0, 0.05) is 0 Å². The number of hydrogen-bond donors (Lipinski definition) is 1. The van der Waals surface area contributed by atoms with Crippen molar-refractivity contribution in [1.29, 1.82) is 0 Å². The molecule has 19 heavy (non-hydrogen) atoms. The largest absolute Gasteiger partial charge is 0.437 e. The molecule has 0 fully saturated rings. The van der Waals surface area contributed by atoms with Crippen molar-refractivity contribution in [3.05, 3.63) is 41.3 Å². The minimum Gasteiger partial charge on any atom is -0.437 e. The Kier molecular flexibility index (Phi) is 4.22. The summed E-state index contributed by atoms with van der Waals surface area (Å²) >= 11 is 5.85. The van der Waals surface area contributed by atoms with Gasteiger partial charge in [0.2, 0.25) is 5.88 Å². The molecule has 0 aliphatic rings. The SMILES string of the molecule is CCC(C)c1ccccc1Oc1ncnc(Cl)c1N. The second kappa shape index (κ2) is 5.89. The molecule has 0 saturated heterocycles. The van der Waals surface area contributed by atoms with E-state index in [2.05, 4.69) is 23.8 Å². The number of nitrogen functional groups attached to an aromatic ring is 1. The average molecular weight is 278 g/mol. The monoisotopic (exact) mass is 277 g/mol. The van der Waals surface area contributed by atoms with E-state index in [0.717, 1.165) is 17.7 Å². The molecule has 1 heterocycles. The summed E-state index contributed by atoms with van der Waals surface area (Å²) in [7, 11) is 0. The fourth-order valence-corrected chi connectivity index (χ4v) is 1.87. The number of hydrogen-bond acceptors (Lipinski definition) is 4. The van der Waals surface area contributed by atoms with Crippen LogP contribution in [0.2, 0.25) is 5.15 Å². The van der Waals surface area contributed by atoms with Gasteiger partial charge in [-0.05, 0) is 24.0 Å². The minimum atomic E-state index is 0.200. The first-order chi connectivity index (χ1) is 9.13. The van der Waals surface area contributed by atoms with Crippen LogP contribution in [0.5, 0.6) is 11.6 Å². The Bertz CT molecular complexity index is 574. The molecule has 1 atom stereocenters. The van der Waals surface area contributed by atoms with E-state index in [9.17, 15) is 0 Å². The van der Waals surface area contributed by atoms with Crippen LogP contribution < -0.4 is 10.5 Å². The van der Waals surface area contributed by atoms with Crippen molar-refractivity contribution in [1.82, 2.24) is 9.97 Å². The van der Waals surface area contributed by atoms with Crippen LogP contribution in [0.3, 0.4) is 0 Å². The summed E-state index contributed by atoms with van der Waals surface area (Å²) in [5, 5.41) is 0.200. The van der Waals surface area contributed by atoms with Gasteiger partial charge >= 0.3 is 0 Å². The van der Waals surface area contributed by atoms with Crippen LogP contribution in [0, 0.1) is 0 Å². The molecule has 0 saturated carbocycles. The summed E-state index contributed by atoms with van der Waals surface area (Å²) in [6.07, 6.45) is 2.36. The molecule has 1 aromatic carbocycles. The predicted molar refractivity (Wildman–Crippen MR) is 76.7 cm³/mol. The Morgan fingerprint density at radius 3 is 2.79 bits per heavy atom. The molecular formula is C14H16ClN3O. The molecule has 2 N–H and O–H groups in total. The van der Waals surface area contributed by atoms with E-state index in [-0.39, 0.29) is 16.7 Å². The van der Waals surface area contributed by atoms with Crippen LogP contribution >= 0.6 is 11.6 Å². The number of para-hydroxylation sites is 1. The topological polar surface area (TPSA) is 61.0 Å². The Morgan fingerprint density at radius 1 is 1.32 bits per heavy atom. The fraction of sp³-hybridized carbons (Fsp3) is 0.286. The van der Waals surface area contributed by atoms with Crippen LogP contribution in [-0.4, -0.2) is 9.97 Å². The third kappa shape index (κ3) is 2.96. The van der Waals surface area contributed by atoms with E-state index in [4.69, 9.17) is 22.1 Å². The van der Waals surface area contributed by atoms with E-state index < -0.39 is 0 Å². The van der Waals surface area contributed by atoms with Gasteiger partial charge in [-0.15, -0.1) is 0 Å². The van der Waals surface area contributed by atoms with Gasteiger partial charge in [0.25, 0.3) is 0 Å². The Labute approximate surface area is 117 Å². The lowest BCUT2D eigenvalue weighted by atomic mass is 9.98. The first kappa shape index (κ1) is 13.6. The Hall–Kier alpha value is -1.81. The summed E-state index contributed by atoms with van der Waals surface area (Å²) in [6, 6.07) is 7.85. The van der Waals surface area contributed by atoms with Gasteiger partial charge in [0.05, 0.1) is 0 Å². The van der Waals surface area contributed by atoms with Crippen LogP contribution in [-0.2, 0) is 0 Å². The van der Waals surface area contributed by atoms with Crippen molar-refractivity contribution < 1.29 is 4.74 Å². The molecule has 5 heteroatoms. The molecule has 1 unspecified atom stereocenters. The zero-order chi connectivity index (χ0) is 13.8. The number of aromatic nitrogens is 2. The van der Waals surface area contributed by atoms with E-state index in [1.54, 1.807) is 0 Å². The summed E-state index contributed by atoms with van der Waals surface area (Å²) in [4.78, 5) is 7.82. The highest BCUT2D eigenvalue weighted by molar-refractivity contribution is 6.32. The van der Waals surface area contributed by atoms with Gasteiger partial charge in [-0.1, -0.05) is 43.6 Å². The van der Waals surface area contributed by atoms with Crippen molar-refractivity contribution in [3.8, 4) is 11.6 Å². The predicted octanol–water partition coefficient (Wildman–Crippen LogP) is 4.02. The summed E-state index contributed by atoms with van der Waals surface area (Å²) < 4.78 is 5.78. The summed E-state index contributed by atoms with van der Waals surface area (Å²) in [6.45, 7) is 4.29. The Morgan fingerprint density at radius 2 is 2.05 bits per heavy atom. The molecule has 1 aromatic heterocycles. The van der Waals surface area contributed by atoms with Gasteiger partial charge in [-0.25, -0.2) is 4.98 Å². The maximum Gasteiger partial charge on any atom is 0.247 e. The van der Waals surface area contributed by atoms with Crippen molar-refractivity contribution in [2.45, 2.75) is 26.2 Å². The standard InChI is InChI=1S/C14H16ClN3O/c1-3-9(2)10-6-4-5-7-11(10)19-14-12(16)13(15)17-8-18-14/h4-9H,3,16H2,1-2H3. The van der Waals surface area contributed by atoms with E-state index in [1.807, 2.05) is 24.3 Å². The number of benzene rings is 1. The van der Waals surface area contributed by atoms with Gasteiger partial charge in [0.1, 0.15) is 17.8 Å². The molecule has 2 aromatic rings. The molecule has 0 aliphatic carbocycles. The van der Waals surface area contributed by atoms with Crippen molar-refractivity contribution in [3.63, 3.8) is 0 Å². The summed E-state index contributed by atoms with van der Waals surface area (Å²) in [5.74, 6) is 1.43. The number of anilines is 1. The molecular weight excluding hydrogens is 262 g/mol. The number of halogens is 1. The van der Waals surface area contributed by atoms with Gasteiger partial charge in [-0.2, -0.15) is 4.98 Å². The molecule has 0 amide bonds. The average Bonchev–Trinajstić information content (AvgIpc) is 2.43. The second-order valence-electron chi connectivity index (χ2n) is 4.33. The van der Waals surface area contributed by atoms with Crippen LogP contribution in [0.25, 0.3) is 0 Å². The maximum absolute atomic E-state index is 5.85. The van der Waals surface area contributed by atoms with Gasteiger partial charge in [0.15, 0.2) is 5.15 Å². The molecule has 2 rings (SSSR count). The van der Waals surface area contributed by atoms with E-state index >= 15 is 0 Å². The van der Waals surface area contributed by atoms with Crippen molar-refractivity contribution in [2.24, 2.45) is 0 Å². The number of ether oxygens (including phenoxy) is 1. The fourth-order valence-electron chi connectivity index (χ4n) is 1.75. The third-order valence-electron chi connectivity index (χ3n) is 3.07. The molecule has 0 aliphatic heterocycles. The zero-order valence-electron chi connectivity index (χ0n) is 10.9. The van der Waals surface area contributed by atoms with Crippen LogP contribution in [0.1, 0.15) is 31.7 Å². The first-order valence-electron chi connectivity index (χ1n) is 6.16. The smallest absolute Gasteiger partial charge is 0.247 e. The number of rotatable bonds is 4. The van der Waals surface area contributed by atoms with Gasteiger partial charge < -0.3 is 10.5 Å². The summed E-state index contributed by atoms with van der Waals surface area (Å²) in [5.41, 5.74) is 7.18. The molecule has 0 bridgehead atoms. The van der Waals surface area contributed by atoms with Crippen molar-refractivity contribution >= 4 is 17.3 Å². The first-order valence-corrected chi connectivity index (χ1v) is 6.54. The minimum absolute atomic E-state index is 0.200. The van der Waals surface area contributed by atoms with Crippen molar-refractivity contribution in [2.75, 3.05) is 5.73 Å². The lowest BCUT2D eigenvalue weighted by Crippen LogP contribution is -2.00. The van der Waals surface area contributed by atoms with E-state index in [0.29, 0.717) is 5.92 Å². The third-order valence-corrected chi connectivity index (χ3v) is 3.37. The van der Waals surface area contributed by atoms with E-state index in [1.165, 1.54) is 6.33 Å². The molecule has 0 spiro atoms. The molecule has 100 valence electrons. The maximum atomic E-state index is 5.85. The normalized spacial score (nSPS) is 12.2. The van der Waals surface area contributed by atoms with Crippen LogP contribution in [0.15, 0.2) is 30.6 Å². The Balaban J connectivity index is 2.36. The highest BCUT2D eigenvalue weighted by Gasteiger charge is 2.13. The molecule has 0 radical (unpaired) electrons.